The fourth-order valence-electron chi connectivity index (χ4n) is 1.64. The zero-order valence-corrected chi connectivity index (χ0v) is 13.3. The van der Waals surface area contributed by atoms with Crippen molar-refractivity contribution in [3.8, 4) is 6.07 Å². The zero-order chi connectivity index (χ0) is 15.9. The Morgan fingerprint density at radius 2 is 2.05 bits per heavy atom. The average molecular weight is 306 g/mol. The molecule has 0 aliphatic rings. The van der Waals surface area contributed by atoms with Crippen molar-refractivity contribution >= 4 is 17.5 Å². The Labute approximate surface area is 130 Å². The highest BCUT2D eigenvalue weighted by Crippen LogP contribution is 2.14. The van der Waals surface area contributed by atoms with Gasteiger partial charge in [-0.05, 0) is 38.8 Å². The maximum atomic E-state index is 11.8. The second kappa shape index (κ2) is 7.70. The standard InChI is InChI=1S/C16H20ClN3O/c1-16(2,3)20-15(21)13(10-18)11-19-9-8-12-6-4-5-7-14(12)17/h4-7,11,19H,8-9H2,1-3H3,(H,20,21)/b13-11-. The molecule has 0 unspecified atom stereocenters. The maximum absolute atomic E-state index is 11.8. The third-order valence-corrected chi connectivity index (χ3v) is 2.97. The lowest BCUT2D eigenvalue weighted by atomic mass is 10.1. The molecule has 2 N–H and O–H groups in total. The summed E-state index contributed by atoms with van der Waals surface area (Å²) >= 11 is 6.06. The Morgan fingerprint density at radius 1 is 1.38 bits per heavy atom. The van der Waals surface area contributed by atoms with Gasteiger partial charge in [-0.25, -0.2) is 0 Å². The van der Waals surface area contributed by atoms with Crippen LogP contribution in [0, 0.1) is 11.3 Å². The quantitative estimate of drug-likeness (QED) is 0.499. The number of nitrogens with zero attached hydrogens (tertiary/aromatic N) is 1. The number of amides is 1. The number of carbonyl (C=O) groups is 1. The first kappa shape index (κ1) is 17.1. The number of hydrogen-bond acceptors (Lipinski definition) is 3. The van der Waals surface area contributed by atoms with Crippen molar-refractivity contribution in [2.45, 2.75) is 32.7 Å². The van der Waals surface area contributed by atoms with Crippen LogP contribution in [0.4, 0.5) is 0 Å². The van der Waals surface area contributed by atoms with Gasteiger partial charge >= 0.3 is 0 Å². The molecular weight excluding hydrogens is 286 g/mol. The first-order chi connectivity index (χ1) is 9.83. The van der Waals surface area contributed by atoms with E-state index in [-0.39, 0.29) is 17.0 Å². The van der Waals surface area contributed by atoms with E-state index in [2.05, 4.69) is 10.6 Å². The molecular formula is C16H20ClN3O. The molecule has 0 radical (unpaired) electrons. The second-order valence-electron chi connectivity index (χ2n) is 5.67. The summed E-state index contributed by atoms with van der Waals surface area (Å²) in [5, 5.41) is 15.5. The molecule has 0 fully saturated rings. The minimum absolute atomic E-state index is 0.0593. The van der Waals surface area contributed by atoms with Gasteiger partial charge in [-0.15, -0.1) is 0 Å². The third kappa shape index (κ3) is 6.33. The minimum atomic E-state index is -0.379. The van der Waals surface area contributed by atoms with Crippen LogP contribution in [-0.4, -0.2) is 18.0 Å². The summed E-state index contributed by atoms with van der Waals surface area (Å²) in [6, 6.07) is 9.49. The van der Waals surface area contributed by atoms with Crippen molar-refractivity contribution in [3.05, 3.63) is 46.6 Å². The molecule has 0 aliphatic carbocycles. The lowest BCUT2D eigenvalue weighted by molar-refractivity contribution is -0.118. The van der Waals surface area contributed by atoms with E-state index in [1.807, 2.05) is 51.1 Å². The first-order valence-electron chi connectivity index (χ1n) is 6.73. The second-order valence-corrected chi connectivity index (χ2v) is 6.08. The minimum Gasteiger partial charge on any atom is -0.389 e. The fraction of sp³-hybridized carbons (Fsp3) is 0.375. The van der Waals surface area contributed by atoms with Gasteiger partial charge < -0.3 is 10.6 Å². The largest absolute Gasteiger partial charge is 0.389 e. The number of benzene rings is 1. The lowest BCUT2D eigenvalue weighted by Gasteiger charge is -2.20. The van der Waals surface area contributed by atoms with Crippen LogP contribution >= 0.6 is 11.6 Å². The fourth-order valence-corrected chi connectivity index (χ4v) is 1.87. The summed E-state index contributed by atoms with van der Waals surface area (Å²) in [5.41, 5.74) is 0.715. The van der Waals surface area contributed by atoms with Crippen molar-refractivity contribution in [2.75, 3.05) is 6.54 Å². The van der Waals surface area contributed by atoms with Gasteiger partial charge in [0.2, 0.25) is 0 Å². The molecule has 0 aromatic heterocycles. The molecule has 0 spiro atoms. The van der Waals surface area contributed by atoms with Crippen LogP contribution in [0.2, 0.25) is 5.02 Å². The summed E-state index contributed by atoms with van der Waals surface area (Å²) in [4.78, 5) is 11.8. The molecule has 1 aromatic rings. The van der Waals surface area contributed by atoms with Crippen LogP contribution in [0.5, 0.6) is 0 Å². The Balaban J connectivity index is 2.53. The molecule has 0 atom stereocenters. The molecule has 0 saturated heterocycles. The van der Waals surface area contributed by atoms with E-state index >= 15 is 0 Å². The van der Waals surface area contributed by atoms with E-state index < -0.39 is 0 Å². The first-order valence-corrected chi connectivity index (χ1v) is 7.11. The zero-order valence-electron chi connectivity index (χ0n) is 12.5. The average Bonchev–Trinajstić information content (AvgIpc) is 2.38. The summed E-state index contributed by atoms with van der Waals surface area (Å²) in [6.07, 6.45) is 2.16. The SMILES string of the molecule is CC(C)(C)NC(=O)/C(C#N)=C\NCCc1ccccc1Cl. The van der Waals surface area contributed by atoms with E-state index in [9.17, 15) is 4.79 Å². The topological polar surface area (TPSA) is 64.9 Å². The molecule has 5 heteroatoms. The van der Waals surface area contributed by atoms with E-state index in [0.717, 1.165) is 12.0 Å². The lowest BCUT2D eigenvalue weighted by Crippen LogP contribution is -2.41. The van der Waals surface area contributed by atoms with Crippen molar-refractivity contribution in [2.24, 2.45) is 0 Å². The summed E-state index contributed by atoms with van der Waals surface area (Å²) < 4.78 is 0. The predicted molar refractivity (Wildman–Crippen MR) is 84.8 cm³/mol. The van der Waals surface area contributed by atoms with Crippen LogP contribution in [0.15, 0.2) is 36.0 Å². The summed E-state index contributed by atoms with van der Waals surface area (Å²) in [6.45, 7) is 6.19. The van der Waals surface area contributed by atoms with Gasteiger partial charge in [0, 0.05) is 23.3 Å². The van der Waals surface area contributed by atoms with Gasteiger partial charge in [-0.2, -0.15) is 5.26 Å². The molecule has 4 nitrogen and oxygen atoms in total. The molecule has 1 aromatic carbocycles. The van der Waals surface area contributed by atoms with Crippen molar-refractivity contribution in [3.63, 3.8) is 0 Å². The number of nitrogens with one attached hydrogen (secondary N) is 2. The highest BCUT2D eigenvalue weighted by Gasteiger charge is 2.16. The molecule has 0 aliphatic heterocycles. The molecule has 112 valence electrons. The monoisotopic (exact) mass is 305 g/mol. The molecule has 0 heterocycles. The Kier molecular flexibility index (Phi) is 6.26. The van der Waals surface area contributed by atoms with Gasteiger partial charge in [0.05, 0.1) is 0 Å². The molecule has 0 bridgehead atoms. The van der Waals surface area contributed by atoms with E-state index in [4.69, 9.17) is 16.9 Å². The molecule has 0 saturated carbocycles. The van der Waals surface area contributed by atoms with Crippen LogP contribution in [0.25, 0.3) is 0 Å². The normalized spacial score (nSPS) is 11.7. The van der Waals surface area contributed by atoms with Gasteiger partial charge in [0.15, 0.2) is 0 Å². The number of halogens is 1. The highest BCUT2D eigenvalue weighted by atomic mass is 35.5. The van der Waals surface area contributed by atoms with Gasteiger partial charge in [0.25, 0.3) is 5.91 Å². The van der Waals surface area contributed by atoms with Crippen molar-refractivity contribution in [1.29, 1.82) is 5.26 Å². The molecule has 21 heavy (non-hydrogen) atoms. The van der Waals surface area contributed by atoms with Crippen LogP contribution in [0.1, 0.15) is 26.3 Å². The van der Waals surface area contributed by atoms with E-state index in [1.165, 1.54) is 6.20 Å². The Bertz CT molecular complexity index is 568. The van der Waals surface area contributed by atoms with Crippen molar-refractivity contribution in [1.82, 2.24) is 10.6 Å². The van der Waals surface area contributed by atoms with Gasteiger partial charge in [-0.3, -0.25) is 4.79 Å². The number of hydrogen-bond donors (Lipinski definition) is 2. The number of nitriles is 1. The Hall–Kier alpha value is -1.99. The van der Waals surface area contributed by atoms with Crippen LogP contribution in [0.3, 0.4) is 0 Å². The molecule has 1 amide bonds. The Morgan fingerprint density at radius 3 is 2.62 bits per heavy atom. The number of rotatable bonds is 5. The van der Waals surface area contributed by atoms with Gasteiger partial charge in [-0.1, -0.05) is 29.8 Å². The smallest absolute Gasteiger partial charge is 0.263 e. The number of carbonyl (C=O) groups excluding carboxylic acids is 1. The highest BCUT2D eigenvalue weighted by molar-refractivity contribution is 6.31. The van der Waals surface area contributed by atoms with Crippen LogP contribution < -0.4 is 10.6 Å². The third-order valence-electron chi connectivity index (χ3n) is 2.60. The summed E-state index contributed by atoms with van der Waals surface area (Å²) in [7, 11) is 0. The van der Waals surface area contributed by atoms with Crippen LogP contribution in [-0.2, 0) is 11.2 Å². The summed E-state index contributed by atoms with van der Waals surface area (Å²) in [5.74, 6) is -0.379. The van der Waals surface area contributed by atoms with E-state index in [0.29, 0.717) is 11.6 Å². The van der Waals surface area contributed by atoms with E-state index in [1.54, 1.807) is 0 Å². The maximum Gasteiger partial charge on any atom is 0.263 e. The van der Waals surface area contributed by atoms with Crippen molar-refractivity contribution < 1.29 is 4.79 Å². The van der Waals surface area contributed by atoms with Gasteiger partial charge in [0.1, 0.15) is 11.6 Å². The predicted octanol–water partition coefficient (Wildman–Crippen LogP) is 2.79. The molecule has 1 rings (SSSR count).